The molecule has 0 radical (unpaired) electrons. The highest BCUT2D eigenvalue weighted by Gasteiger charge is 2.39. The van der Waals surface area contributed by atoms with Gasteiger partial charge >= 0.3 is 6.18 Å². The van der Waals surface area contributed by atoms with Crippen molar-refractivity contribution >= 4 is 22.9 Å². The van der Waals surface area contributed by atoms with Gasteiger partial charge in [-0.1, -0.05) is 42.5 Å². The number of anilines is 1. The fourth-order valence-corrected chi connectivity index (χ4v) is 5.95. The van der Waals surface area contributed by atoms with Crippen LogP contribution in [-0.2, 0) is 6.18 Å². The molecule has 0 aliphatic carbocycles. The maximum atomic E-state index is 13.4. The number of hydrogen-bond acceptors (Lipinski definition) is 4. The van der Waals surface area contributed by atoms with Crippen LogP contribution in [0.2, 0.25) is 0 Å². The maximum Gasteiger partial charge on any atom is 0.416 e. The first kappa shape index (κ1) is 23.9. The van der Waals surface area contributed by atoms with E-state index < -0.39 is 11.7 Å². The maximum absolute atomic E-state index is 13.4. The fourth-order valence-electron chi connectivity index (χ4n) is 5.26. The van der Waals surface area contributed by atoms with Gasteiger partial charge < -0.3 is 9.80 Å². The molecule has 0 spiro atoms. The Morgan fingerprint density at radius 1 is 0.914 bits per heavy atom. The number of hydrogen-bond donors (Lipinski definition) is 0. The molecule has 2 aliphatic heterocycles. The minimum absolute atomic E-state index is 0.0339. The SMILES string of the molecule is O=C(c1cccs1)N1C[C@@H](CN2CCN(c3ccccc3)CC2)[C@H](c2cccc(C(F)(F)F)c2)C1. The summed E-state index contributed by atoms with van der Waals surface area (Å²) in [5.74, 6) is -0.0904. The molecule has 1 amide bonds. The van der Waals surface area contributed by atoms with Gasteiger partial charge in [0.25, 0.3) is 5.91 Å². The summed E-state index contributed by atoms with van der Waals surface area (Å²) in [6.45, 7) is 5.34. The normalized spacial score (nSPS) is 21.5. The van der Waals surface area contributed by atoms with Crippen molar-refractivity contribution in [3.05, 3.63) is 88.1 Å². The van der Waals surface area contributed by atoms with Crippen molar-refractivity contribution in [3.63, 3.8) is 0 Å². The third-order valence-electron chi connectivity index (χ3n) is 7.09. The lowest BCUT2D eigenvalue weighted by atomic mass is 9.87. The second kappa shape index (κ2) is 10.0. The zero-order chi connectivity index (χ0) is 24.4. The van der Waals surface area contributed by atoms with Crippen molar-refractivity contribution in [3.8, 4) is 0 Å². The number of para-hydroxylation sites is 1. The first-order chi connectivity index (χ1) is 16.9. The molecule has 3 aromatic rings. The van der Waals surface area contributed by atoms with Crippen molar-refractivity contribution in [2.45, 2.75) is 12.1 Å². The van der Waals surface area contributed by atoms with Crippen LogP contribution in [0, 0.1) is 5.92 Å². The molecule has 2 atom stereocenters. The van der Waals surface area contributed by atoms with Crippen LogP contribution in [0.1, 0.15) is 26.7 Å². The molecular formula is C27H28F3N3OS. The zero-order valence-corrected chi connectivity index (χ0v) is 20.1. The van der Waals surface area contributed by atoms with Gasteiger partial charge in [0.2, 0.25) is 0 Å². The van der Waals surface area contributed by atoms with Crippen molar-refractivity contribution in [1.29, 1.82) is 0 Å². The molecule has 0 N–H and O–H groups in total. The van der Waals surface area contributed by atoms with E-state index in [-0.39, 0.29) is 17.7 Å². The van der Waals surface area contributed by atoms with Crippen molar-refractivity contribution in [2.75, 3.05) is 50.7 Å². The summed E-state index contributed by atoms with van der Waals surface area (Å²) in [4.78, 5) is 20.3. The fraction of sp³-hybridized carbons (Fsp3) is 0.370. The number of alkyl halides is 3. The molecule has 0 saturated carbocycles. The van der Waals surface area contributed by atoms with Crippen LogP contribution >= 0.6 is 11.3 Å². The molecule has 2 aromatic carbocycles. The third-order valence-corrected chi connectivity index (χ3v) is 7.95. The van der Waals surface area contributed by atoms with E-state index in [9.17, 15) is 18.0 Å². The van der Waals surface area contributed by atoms with Crippen molar-refractivity contribution < 1.29 is 18.0 Å². The van der Waals surface area contributed by atoms with Crippen LogP contribution in [0.5, 0.6) is 0 Å². The van der Waals surface area contributed by atoms with Gasteiger partial charge in [-0.2, -0.15) is 13.2 Å². The van der Waals surface area contributed by atoms with E-state index in [0.29, 0.717) is 23.5 Å². The average molecular weight is 500 g/mol. The summed E-state index contributed by atoms with van der Waals surface area (Å²) in [5, 5.41) is 1.87. The summed E-state index contributed by atoms with van der Waals surface area (Å²) in [5.41, 5.74) is 1.24. The van der Waals surface area contributed by atoms with E-state index in [2.05, 4.69) is 21.9 Å². The monoisotopic (exact) mass is 499 g/mol. The summed E-state index contributed by atoms with van der Waals surface area (Å²) in [7, 11) is 0. The number of halogens is 3. The van der Waals surface area contributed by atoms with E-state index in [1.165, 1.54) is 29.2 Å². The Bertz CT molecular complexity index is 1130. The average Bonchev–Trinajstić information content (AvgIpc) is 3.55. The number of nitrogens with zero attached hydrogens (tertiary/aromatic N) is 3. The Balaban J connectivity index is 1.32. The van der Waals surface area contributed by atoms with Crippen LogP contribution in [-0.4, -0.2) is 61.5 Å². The van der Waals surface area contributed by atoms with Gasteiger partial charge in [0.05, 0.1) is 10.4 Å². The summed E-state index contributed by atoms with van der Waals surface area (Å²) in [6, 6.07) is 19.6. The second-order valence-electron chi connectivity index (χ2n) is 9.30. The van der Waals surface area contributed by atoms with Crippen molar-refractivity contribution in [1.82, 2.24) is 9.80 Å². The summed E-state index contributed by atoms with van der Waals surface area (Å²) >= 11 is 1.40. The van der Waals surface area contributed by atoms with E-state index in [1.54, 1.807) is 6.07 Å². The Hall–Kier alpha value is -2.84. The Labute approximate surface area is 207 Å². The van der Waals surface area contributed by atoms with E-state index >= 15 is 0 Å². The standard InChI is InChI=1S/C27H28F3N3OS/c28-27(29,30)22-7-4-6-20(16-22)24-19-33(26(34)25-10-5-15-35-25)18-21(24)17-31-11-13-32(14-12-31)23-8-2-1-3-9-23/h1-10,15-16,21,24H,11-14,17-19H2/t21-,24+/m1/s1. The zero-order valence-electron chi connectivity index (χ0n) is 19.3. The first-order valence-electron chi connectivity index (χ1n) is 11.9. The lowest BCUT2D eigenvalue weighted by Gasteiger charge is -2.38. The third kappa shape index (κ3) is 5.38. The predicted octanol–water partition coefficient (Wildman–Crippen LogP) is 5.44. The molecule has 2 aliphatic rings. The number of rotatable bonds is 5. The number of piperazine rings is 1. The number of carbonyl (C=O) groups excluding carboxylic acids is 1. The minimum Gasteiger partial charge on any atom is -0.369 e. The number of likely N-dealkylation sites (tertiary alicyclic amines) is 1. The molecule has 1 aromatic heterocycles. The first-order valence-corrected chi connectivity index (χ1v) is 12.8. The Morgan fingerprint density at radius 2 is 1.69 bits per heavy atom. The van der Waals surface area contributed by atoms with Crippen LogP contribution in [0.4, 0.5) is 18.9 Å². The molecule has 184 valence electrons. The smallest absolute Gasteiger partial charge is 0.369 e. The molecule has 2 saturated heterocycles. The molecule has 8 heteroatoms. The molecule has 5 rings (SSSR count). The molecule has 35 heavy (non-hydrogen) atoms. The quantitative estimate of drug-likeness (QED) is 0.468. The van der Waals surface area contributed by atoms with Gasteiger partial charge in [0.15, 0.2) is 0 Å². The van der Waals surface area contributed by atoms with Gasteiger partial charge in [0, 0.05) is 57.4 Å². The summed E-state index contributed by atoms with van der Waals surface area (Å²) < 4.78 is 40.2. The van der Waals surface area contributed by atoms with Crippen LogP contribution in [0.3, 0.4) is 0 Å². The van der Waals surface area contributed by atoms with Crippen LogP contribution in [0.15, 0.2) is 72.1 Å². The molecule has 3 heterocycles. The summed E-state index contributed by atoms with van der Waals surface area (Å²) in [6.07, 6.45) is -4.38. The highest BCUT2D eigenvalue weighted by Crippen LogP contribution is 2.37. The Morgan fingerprint density at radius 3 is 2.37 bits per heavy atom. The highest BCUT2D eigenvalue weighted by atomic mass is 32.1. The van der Waals surface area contributed by atoms with E-state index in [1.807, 2.05) is 40.6 Å². The molecule has 0 unspecified atom stereocenters. The van der Waals surface area contributed by atoms with Crippen LogP contribution < -0.4 is 4.90 Å². The van der Waals surface area contributed by atoms with Crippen molar-refractivity contribution in [2.24, 2.45) is 5.92 Å². The number of carbonyl (C=O) groups is 1. The molecule has 0 bridgehead atoms. The molecular weight excluding hydrogens is 471 g/mol. The molecule has 4 nitrogen and oxygen atoms in total. The lowest BCUT2D eigenvalue weighted by Crippen LogP contribution is -2.48. The van der Waals surface area contributed by atoms with Gasteiger partial charge in [-0.05, 0) is 41.1 Å². The Kier molecular flexibility index (Phi) is 6.84. The van der Waals surface area contributed by atoms with E-state index in [4.69, 9.17) is 0 Å². The van der Waals surface area contributed by atoms with Gasteiger partial charge in [-0.15, -0.1) is 11.3 Å². The van der Waals surface area contributed by atoms with Gasteiger partial charge in [-0.3, -0.25) is 9.69 Å². The topological polar surface area (TPSA) is 26.8 Å². The number of benzene rings is 2. The predicted molar refractivity (Wildman–Crippen MR) is 133 cm³/mol. The minimum atomic E-state index is -4.38. The highest BCUT2D eigenvalue weighted by molar-refractivity contribution is 7.12. The van der Waals surface area contributed by atoms with Gasteiger partial charge in [-0.25, -0.2) is 0 Å². The molecule has 2 fully saturated rings. The number of thiophene rings is 1. The van der Waals surface area contributed by atoms with Gasteiger partial charge in [0.1, 0.15) is 0 Å². The lowest BCUT2D eigenvalue weighted by molar-refractivity contribution is -0.137. The van der Waals surface area contributed by atoms with Crippen LogP contribution in [0.25, 0.3) is 0 Å². The van der Waals surface area contributed by atoms with E-state index in [0.717, 1.165) is 38.8 Å². The largest absolute Gasteiger partial charge is 0.416 e. The number of amides is 1. The second-order valence-corrected chi connectivity index (χ2v) is 10.2.